The number of benzene rings is 8. The molecule has 0 saturated carbocycles. The normalized spacial score (nSPS) is 12.8. The quantitative estimate of drug-likeness (QED) is 0.142. The zero-order chi connectivity index (χ0) is 29.6. The van der Waals surface area contributed by atoms with Crippen LogP contribution in [0.5, 0.6) is 0 Å². The van der Waals surface area contributed by atoms with E-state index < -0.39 is 6.60 Å². The maximum absolute atomic E-state index is 13.7. The third-order valence-electron chi connectivity index (χ3n) is 9.63. The van der Waals surface area contributed by atoms with Crippen molar-refractivity contribution in [2.45, 2.75) is 0 Å². The predicted octanol–water partition coefficient (Wildman–Crippen LogP) is 8.65. The number of rotatable bonds is 6. The molecule has 8 rings (SSSR count). The molecule has 8 aromatic rings. The average molecular weight is 583 g/mol. The van der Waals surface area contributed by atoms with Crippen molar-refractivity contribution in [3.63, 3.8) is 0 Å². The number of hydrogen-bond donors (Lipinski definition) is 0. The topological polar surface area (TPSA) is 17.1 Å². The standard InChI is InChI=1S/C42H31OP/c43-29-30-44(39-25-9-17-31-13-1-5-21-35(31)39,40-26-10-18-32-14-2-6-22-36(32)40,41-27-11-19-33-15-3-7-23-37(33)41)42-28-12-20-34-16-4-8-24-38(34)42/h1-29H,30H2. The third kappa shape index (κ3) is 3.54. The van der Waals surface area contributed by atoms with Crippen LogP contribution in [-0.4, -0.2) is 12.4 Å². The Labute approximate surface area is 257 Å². The van der Waals surface area contributed by atoms with Gasteiger partial charge >= 0.3 is 258 Å². The van der Waals surface area contributed by atoms with Gasteiger partial charge in [0.25, 0.3) is 0 Å². The Morgan fingerprint density at radius 1 is 0.341 bits per heavy atom. The molecule has 0 spiro atoms. The molecule has 0 aliphatic rings. The van der Waals surface area contributed by atoms with Gasteiger partial charge in [-0.15, -0.1) is 0 Å². The van der Waals surface area contributed by atoms with Crippen molar-refractivity contribution < 1.29 is 4.79 Å². The molecular formula is C42H31OP. The first kappa shape index (κ1) is 26.5. The summed E-state index contributed by atoms with van der Waals surface area (Å²) >= 11 is 0. The minimum absolute atomic E-state index is 0.343. The molecule has 0 aromatic heterocycles. The summed E-state index contributed by atoms with van der Waals surface area (Å²) in [7, 11) is 0. The molecule has 0 bridgehead atoms. The molecule has 0 amide bonds. The Kier molecular flexibility index (Phi) is 6.19. The van der Waals surface area contributed by atoms with E-state index in [1.165, 1.54) is 70.6 Å². The van der Waals surface area contributed by atoms with Crippen LogP contribution in [0.1, 0.15) is 0 Å². The summed E-state index contributed by atoms with van der Waals surface area (Å²) in [5.41, 5.74) is 0. The molecule has 0 aliphatic heterocycles. The average Bonchev–Trinajstić information content (AvgIpc) is 3.10. The van der Waals surface area contributed by atoms with Crippen LogP contribution in [0.15, 0.2) is 170 Å². The summed E-state index contributed by atoms with van der Waals surface area (Å²) < 4.78 is 0. The van der Waals surface area contributed by atoms with E-state index in [0.29, 0.717) is 6.16 Å². The molecule has 44 heavy (non-hydrogen) atoms. The Bertz CT molecular complexity index is 2020. The molecule has 0 unspecified atom stereocenters. The first-order chi connectivity index (χ1) is 21.8. The van der Waals surface area contributed by atoms with Gasteiger partial charge in [-0.2, -0.15) is 0 Å². The number of carbonyl (C=O) groups is 1. The van der Waals surface area contributed by atoms with Crippen LogP contribution in [0.3, 0.4) is 0 Å². The Hall–Kier alpha value is -5.10. The number of carbonyl (C=O) groups excluding carboxylic acids is 1. The molecule has 0 atom stereocenters. The van der Waals surface area contributed by atoms with E-state index >= 15 is 0 Å². The van der Waals surface area contributed by atoms with Gasteiger partial charge in [-0.05, 0) is 0 Å². The minimum atomic E-state index is -3.93. The first-order valence-corrected chi connectivity index (χ1v) is 17.6. The zero-order valence-corrected chi connectivity index (χ0v) is 25.2. The fourth-order valence-corrected chi connectivity index (χ4v) is 15.1. The van der Waals surface area contributed by atoms with E-state index in [1.54, 1.807) is 0 Å². The molecule has 0 saturated heterocycles. The third-order valence-corrected chi connectivity index (χ3v) is 16.3. The Morgan fingerprint density at radius 2 is 0.591 bits per heavy atom. The van der Waals surface area contributed by atoms with Crippen molar-refractivity contribution in [2.24, 2.45) is 0 Å². The fraction of sp³-hybridized carbons (Fsp3) is 0.0238. The van der Waals surface area contributed by atoms with E-state index in [9.17, 15) is 4.79 Å². The van der Waals surface area contributed by atoms with Gasteiger partial charge in [-0.25, -0.2) is 0 Å². The molecule has 0 radical (unpaired) electrons. The van der Waals surface area contributed by atoms with Gasteiger partial charge in [0.15, 0.2) is 0 Å². The molecule has 0 fully saturated rings. The van der Waals surface area contributed by atoms with Crippen molar-refractivity contribution in [3.8, 4) is 0 Å². The molecule has 2 heteroatoms. The van der Waals surface area contributed by atoms with Gasteiger partial charge in [-0.1, -0.05) is 0 Å². The number of fused-ring (bicyclic) bond motifs is 4. The van der Waals surface area contributed by atoms with Crippen LogP contribution < -0.4 is 21.2 Å². The van der Waals surface area contributed by atoms with E-state index in [-0.39, 0.29) is 0 Å². The molecule has 1 nitrogen and oxygen atoms in total. The number of hydrogen-bond acceptors (Lipinski definition) is 1. The SMILES string of the molecule is O=CCP(c1cccc2ccccc12)(c1cccc2ccccc12)(c1cccc2ccccc12)c1cccc2ccccc12. The van der Waals surface area contributed by atoms with Crippen LogP contribution in [0.4, 0.5) is 0 Å². The summed E-state index contributed by atoms with van der Waals surface area (Å²) in [4.78, 5) is 13.7. The molecule has 0 N–H and O–H groups in total. The fourth-order valence-electron chi connectivity index (χ4n) is 7.88. The van der Waals surface area contributed by atoms with E-state index in [0.717, 1.165) is 0 Å². The van der Waals surface area contributed by atoms with E-state index in [2.05, 4.69) is 170 Å². The van der Waals surface area contributed by atoms with Gasteiger partial charge in [0.05, 0.1) is 0 Å². The van der Waals surface area contributed by atoms with Crippen molar-refractivity contribution in [3.05, 3.63) is 170 Å². The zero-order valence-electron chi connectivity index (χ0n) is 24.3. The van der Waals surface area contributed by atoms with Crippen LogP contribution in [0, 0.1) is 0 Å². The van der Waals surface area contributed by atoms with Crippen LogP contribution >= 0.6 is 6.60 Å². The van der Waals surface area contributed by atoms with Crippen LogP contribution in [0.2, 0.25) is 0 Å². The predicted molar refractivity (Wildman–Crippen MR) is 192 cm³/mol. The maximum atomic E-state index is 13.7. The summed E-state index contributed by atoms with van der Waals surface area (Å²) in [6, 6.07) is 61.5. The van der Waals surface area contributed by atoms with Crippen LogP contribution in [0.25, 0.3) is 43.1 Å². The summed E-state index contributed by atoms with van der Waals surface area (Å²) in [6.07, 6.45) is 1.54. The Balaban J connectivity index is 1.79. The summed E-state index contributed by atoms with van der Waals surface area (Å²) in [6.45, 7) is -3.93. The molecular weight excluding hydrogens is 551 g/mol. The van der Waals surface area contributed by atoms with E-state index in [1.807, 2.05) is 0 Å². The number of aldehydes is 1. The van der Waals surface area contributed by atoms with Gasteiger partial charge in [0, 0.05) is 0 Å². The van der Waals surface area contributed by atoms with Crippen molar-refractivity contribution >= 4 is 77.2 Å². The van der Waals surface area contributed by atoms with Gasteiger partial charge < -0.3 is 0 Å². The Morgan fingerprint density at radius 3 is 0.864 bits per heavy atom. The second-order valence-electron chi connectivity index (χ2n) is 11.6. The van der Waals surface area contributed by atoms with Crippen molar-refractivity contribution in [2.75, 3.05) is 6.16 Å². The second kappa shape index (κ2) is 10.3. The summed E-state index contributed by atoms with van der Waals surface area (Å²) in [5, 5.41) is 14.3. The van der Waals surface area contributed by atoms with Crippen LogP contribution in [-0.2, 0) is 4.79 Å². The van der Waals surface area contributed by atoms with Gasteiger partial charge in [-0.3, -0.25) is 0 Å². The molecule has 210 valence electrons. The second-order valence-corrected chi connectivity index (χ2v) is 16.5. The summed E-state index contributed by atoms with van der Waals surface area (Å²) in [5.74, 6) is 0. The van der Waals surface area contributed by atoms with E-state index in [4.69, 9.17) is 0 Å². The molecule has 0 heterocycles. The van der Waals surface area contributed by atoms with Crippen molar-refractivity contribution in [1.82, 2.24) is 0 Å². The monoisotopic (exact) mass is 582 g/mol. The molecule has 0 aliphatic carbocycles. The van der Waals surface area contributed by atoms with Crippen molar-refractivity contribution in [1.29, 1.82) is 0 Å². The first-order valence-electron chi connectivity index (χ1n) is 15.1. The van der Waals surface area contributed by atoms with Gasteiger partial charge in [0.2, 0.25) is 0 Å². The molecule has 8 aromatic carbocycles. The van der Waals surface area contributed by atoms with Gasteiger partial charge in [0.1, 0.15) is 0 Å².